The van der Waals surface area contributed by atoms with Crippen molar-refractivity contribution in [1.29, 1.82) is 5.26 Å². The molecule has 0 radical (unpaired) electrons. The van der Waals surface area contributed by atoms with Crippen LogP contribution in [0.2, 0.25) is 0 Å². The van der Waals surface area contributed by atoms with Crippen LogP contribution in [0.25, 0.3) is 0 Å². The molecule has 21 heavy (non-hydrogen) atoms. The van der Waals surface area contributed by atoms with Crippen LogP contribution in [-0.2, 0) is 0 Å². The van der Waals surface area contributed by atoms with E-state index in [2.05, 4.69) is 6.07 Å². The van der Waals surface area contributed by atoms with Crippen LogP contribution in [0.4, 0.5) is 11.4 Å². The van der Waals surface area contributed by atoms with Crippen LogP contribution in [0.1, 0.15) is 5.56 Å². The maximum absolute atomic E-state index is 9.34. The van der Waals surface area contributed by atoms with Crippen molar-refractivity contribution in [3.8, 4) is 17.6 Å². The number of thioether (sulfide) groups is 1. The van der Waals surface area contributed by atoms with Gasteiger partial charge >= 0.3 is 0 Å². The second-order valence-electron chi connectivity index (χ2n) is 4.66. The van der Waals surface area contributed by atoms with Gasteiger partial charge in [-0.15, -0.1) is 11.8 Å². The molecule has 0 aliphatic carbocycles. The summed E-state index contributed by atoms with van der Waals surface area (Å²) in [4.78, 5) is 2.85. The molecule has 108 valence electrons. The van der Waals surface area contributed by atoms with Gasteiger partial charge in [0.2, 0.25) is 0 Å². The zero-order chi connectivity index (χ0) is 15.4. The third kappa shape index (κ3) is 3.23. The number of hydrogen-bond donors (Lipinski definition) is 1. The van der Waals surface area contributed by atoms with Gasteiger partial charge in [-0.3, -0.25) is 0 Å². The topological polar surface area (TPSA) is 62.3 Å². The summed E-state index contributed by atoms with van der Waals surface area (Å²) in [6, 6.07) is 13.3. The van der Waals surface area contributed by atoms with Crippen LogP contribution < -0.4 is 15.4 Å². The van der Waals surface area contributed by atoms with Gasteiger partial charge in [0, 0.05) is 30.7 Å². The summed E-state index contributed by atoms with van der Waals surface area (Å²) in [5.41, 5.74) is 8.02. The van der Waals surface area contributed by atoms with Crippen molar-refractivity contribution in [2.75, 3.05) is 31.0 Å². The fourth-order valence-corrected chi connectivity index (χ4v) is 2.45. The number of anilines is 2. The van der Waals surface area contributed by atoms with Crippen LogP contribution >= 0.6 is 11.8 Å². The van der Waals surface area contributed by atoms with Crippen molar-refractivity contribution in [3.63, 3.8) is 0 Å². The molecule has 5 heteroatoms. The Kier molecular flexibility index (Phi) is 4.61. The molecule has 0 atom stereocenters. The Morgan fingerprint density at radius 1 is 1.19 bits per heavy atom. The molecular weight excluding hydrogens is 282 g/mol. The third-order valence-corrected chi connectivity index (χ3v) is 3.83. The Morgan fingerprint density at radius 3 is 2.57 bits per heavy atom. The predicted octanol–water partition coefficient (Wildman–Crippen LogP) is 3.72. The van der Waals surface area contributed by atoms with E-state index in [-0.39, 0.29) is 0 Å². The van der Waals surface area contributed by atoms with Gasteiger partial charge in [0.25, 0.3) is 0 Å². The first-order valence-electron chi connectivity index (χ1n) is 6.38. The average molecular weight is 299 g/mol. The Labute approximate surface area is 129 Å². The van der Waals surface area contributed by atoms with E-state index in [0.717, 1.165) is 10.6 Å². The summed E-state index contributed by atoms with van der Waals surface area (Å²) in [6.45, 7) is 0. The van der Waals surface area contributed by atoms with E-state index in [0.29, 0.717) is 22.7 Å². The summed E-state index contributed by atoms with van der Waals surface area (Å²) >= 11 is 1.51. The lowest BCUT2D eigenvalue weighted by molar-refractivity contribution is 0.482. The summed E-state index contributed by atoms with van der Waals surface area (Å²) in [6.07, 6.45) is 1.93. The zero-order valence-electron chi connectivity index (χ0n) is 12.3. The first-order chi connectivity index (χ1) is 10.1. The van der Waals surface area contributed by atoms with Crippen molar-refractivity contribution < 1.29 is 4.74 Å². The summed E-state index contributed by atoms with van der Waals surface area (Å²) in [5, 5.41) is 9.34. The fourth-order valence-electron chi connectivity index (χ4n) is 1.88. The average Bonchev–Trinajstić information content (AvgIpc) is 2.48. The van der Waals surface area contributed by atoms with Crippen molar-refractivity contribution in [2.24, 2.45) is 0 Å². The molecule has 2 rings (SSSR count). The molecule has 0 saturated carbocycles. The van der Waals surface area contributed by atoms with Crippen molar-refractivity contribution in [1.82, 2.24) is 0 Å². The Morgan fingerprint density at radius 2 is 1.95 bits per heavy atom. The van der Waals surface area contributed by atoms with Gasteiger partial charge in [-0.2, -0.15) is 5.26 Å². The molecule has 0 heterocycles. The molecule has 0 aliphatic rings. The number of benzene rings is 2. The SMILES string of the molecule is CSc1cccc(Oc2cc(N(C)C)ccc2N)c1C#N. The number of hydrogen-bond acceptors (Lipinski definition) is 5. The number of nitrogens with zero attached hydrogens (tertiary/aromatic N) is 2. The van der Waals surface area contributed by atoms with E-state index < -0.39 is 0 Å². The monoisotopic (exact) mass is 299 g/mol. The minimum atomic E-state index is 0.520. The summed E-state index contributed by atoms with van der Waals surface area (Å²) in [5.74, 6) is 1.07. The minimum absolute atomic E-state index is 0.520. The van der Waals surface area contributed by atoms with Crippen LogP contribution in [0.5, 0.6) is 11.5 Å². The molecule has 0 amide bonds. The van der Waals surface area contributed by atoms with E-state index in [1.807, 2.05) is 49.5 Å². The molecule has 0 fully saturated rings. The first kappa shape index (κ1) is 15.1. The Balaban J connectivity index is 2.43. The Hall–Kier alpha value is -2.32. The van der Waals surface area contributed by atoms with Gasteiger partial charge in [0.05, 0.1) is 5.69 Å². The van der Waals surface area contributed by atoms with Crippen LogP contribution in [-0.4, -0.2) is 20.4 Å². The van der Waals surface area contributed by atoms with E-state index in [9.17, 15) is 5.26 Å². The fraction of sp³-hybridized carbons (Fsp3) is 0.188. The smallest absolute Gasteiger partial charge is 0.152 e. The summed E-state index contributed by atoms with van der Waals surface area (Å²) < 4.78 is 5.88. The third-order valence-electron chi connectivity index (χ3n) is 3.05. The second-order valence-corrected chi connectivity index (χ2v) is 5.51. The second kappa shape index (κ2) is 6.42. The minimum Gasteiger partial charge on any atom is -0.454 e. The Bertz CT molecular complexity index is 692. The number of nitrogen functional groups attached to an aromatic ring is 1. The molecule has 2 aromatic rings. The van der Waals surface area contributed by atoms with Gasteiger partial charge in [-0.05, 0) is 30.5 Å². The summed E-state index contributed by atoms with van der Waals surface area (Å²) in [7, 11) is 3.90. The molecule has 0 aromatic heterocycles. The standard InChI is InChI=1S/C16H17N3OS/c1-19(2)11-7-8-13(18)15(9-11)20-14-5-4-6-16(21-3)12(14)10-17/h4-9H,18H2,1-3H3. The molecule has 4 nitrogen and oxygen atoms in total. The van der Waals surface area contributed by atoms with E-state index >= 15 is 0 Å². The molecule has 0 aliphatic heterocycles. The molecule has 2 aromatic carbocycles. The van der Waals surface area contributed by atoms with Crippen LogP contribution in [0, 0.1) is 11.3 Å². The normalized spacial score (nSPS) is 10.0. The van der Waals surface area contributed by atoms with Crippen molar-refractivity contribution >= 4 is 23.1 Å². The molecular formula is C16H17N3OS. The predicted molar refractivity (Wildman–Crippen MR) is 88.2 cm³/mol. The zero-order valence-corrected chi connectivity index (χ0v) is 13.1. The molecule has 0 spiro atoms. The van der Waals surface area contributed by atoms with Gasteiger partial charge in [-0.25, -0.2) is 0 Å². The van der Waals surface area contributed by atoms with Gasteiger partial charge in [-0.1, -0.05) is 6.07 Å². The highest BCUT2D eigenvalue weighted by molar-refractivity contribution is 7.98. The quantitative estimate of drug-likeness (QED) is 0.688. The van der Waals surface area contributed by atoms with E-state index in [4.69, 9.17) is 10.5 Å². The highest BCUT2D eigenvalue weighted by Gasteiger charge is 2.11. The molecule has 0 bridgehead atoms. The highest BCUT2D eigenvalue weighted by atomic mass is 32.2. The number of ether oxygens (including phenoxy) is 1. The molecule has 2 N–H and O–H groups in total. The lowest BCUT2D eigenvalue weighted by atomic mass is 10.2. The number of nitriles is 1. The maximum Gasteiger partial charge on any atom is 0.152 e. The number of nitrogens with two attached hydrogens (primary N) is 1. The first-order valence-corrected chi connectivity index (χ1v) is 7.61. The lowest BCUT2D eigenvalue weighted by Crippen LogP contribution is -2.08. The lowest BCUT2D eigenvalue weighted by Gasteiger charge is -2.16. The van der Waals surface area contributed by atoms with E-state index in [1.54, 1.807) is 12.1 Å². The van der Waals surface area contributed by atoms with E-state index in [1.165, 1.54) is 11.8 Å². The van der Waals surface area contributed by atoms with Gasteiger partial charge in [0.1, 0.15) is 17.4 Å². The highest BCUT2D eigenvalue weighted by Crippen LogP contribution is 2.35. The van der Waals surface area contributed by atoms with Crippen molar-refractivity contribution in [2.45, 2.75) is 4.90 Å². The van der Waals surface area contributed by atoms with Gasteiger partial charge < -0.3 is 15.4 Å². The largest absolute Gasteiger partial charge is 0.454 e. The maximum atomic E-state index is 9.34. The van der Waals surface area contributed by atoms with Crippen LogP contribution in [0.3, 0.4) is 0 Å². The molecule has 0 saturated heterocycles. The van der Waals surface area contributed by atoms with Gasteiger partial charge in [0.15, 0.2) is 5.75 Å². The van der Waals surface area contributed by atoms with Crippen LogP contribution in [0.15, 0.2) is 41.3 Å². The van der Waals surface area contributed by atoms with Crippen molar-refractivity contribution in [3.05, 3.63) is 42.0 Å². The molecule has 0 unspecified atom stereocenters. The number of rotatable bonds is 4.